The Bertz CT molecular complexity index is 394. The van der Waals surface area contributed by atoms with Crippen LogP contribution < -0.4 is 0 Å². The molecule has 0 aliphatic carbocycles. The first-order chi connectivity index (χ1) is 7.38. The Morgan fingerprint density at radius 2 is 2.13 bits per heavy atom. The van der Waals surface area contributed by atoms with Gasteiger partial charge in [0, 0.05) is 31.6 Å². The van der Waals surface area contributed by atoms with Gasteiger partial charge in [-0.1, -0.05) is 5.21 Å². The maximum Gasteiger partial charge on any atom is 0.0849 e. The Labute approximate surface area is 87.1 Å². The van der Waals surface area contributed by atoms with Crippen molar-refractivity contribution in [2.45, 2.75) is 19.5 Å². The van der Waals surface area contributed by atoms with Gasteiger partial charge in [0.15, 0.2) is 0 Å². The first-order valence-electron chi connectivity index (χ1n) is 4.86. The standard InChI is InChI=1S/C9H13N5O/c15-7-2-9-8-14(12-11-9)6-5-13-4-1-3-10-13/h1,3-4,8,15H,2,5-7H2. The molecule has 0 saturated heterocycles. The minimum absolute atomic E-state index is 0.109. The molecule has 0 fully saturated rings. The monoisotopic (exact) mass is 207 g/mol. The summed E-state index contributed by atoms with van der Waals surface area (Å²) < 4.78 is 3.60. The van der Waals surface area contributed by atoms with E-state index in [9.17, 15) is 0 Å². The van der Waals surface area contributed by atoms with Gasteiger partial charge in [-0.2, -0.15) is 5.10 Å². The molecule has 0 bridgehead atoms. The maximum atomic E-state index is 8.72. The third-order valence-electron chi connectivity index (χ3n) is 2.07. The molecule has 2 aromatic rings. The third-order valence-corrected chi connectivity index (χ3v) is 2.07. The van der Waals surface area contributed by atoms with Crippen molar-refractivity contribution in [2.75, 3.05) is 6.61 Å². The topological polar surface area (TPSA) is 68.8 Å². The molecule has 0 unspecified atom stereocenters. The lowest BCUT2D eigenvalue weighted by Gasteiger charge is -2.00. The van der Waals surface area contributed by atoms with Gasteiger partial charge in [0.05, 0.1) is 18.8 Å². The normalized spacial score (nSPS) is 10.7. The Balaban J connectivity index is 1.88. The molecular formula is C9H13N5O. The highest BCUT2D eigenvalue weighted by Crippen LogP contribution is 1.95. The molecule has 80 valence electrons. The highest BCUT2D eigenvalue weighted by atomic mass is 16.3. The van der Waals surface area contributed by atoms with Crippen LogP contribution in [0.25, 0.3) is 0 Å². The molecule has 0 aliphatic heterocycles. The van der Waals surface area contributed by atoms with Crippen LogP contribution in [0.2, 0.25) is 0 Å². The van der Waals surface area contributed by atoms with Gasteiger partial charge in [-0.3, -0.25) is 9.36 Å². The lowest BCUT2D eigenvalue weighted by molar-refractivity contribution is 0.298. The molecule has 0 aromatic carbocycles. The van der Waals surface area contributed by atoms with E-state index < -0.39 is 0 Å². The second-order valence-corrected chi connectivity index (χ2v) is 3.22. The highest BCUT2D eigenvalue weighted by molar-refractivity contribution is 4.91. The number of rotatable bonds is 5. The average molecular weight is 207 g/mol. The number of aryl methyl sites for hydroxylation is 2. The van der Waals surface area contributed by atoms with E-state index in [1.807, 2.05) is 23.1 Å². The van der Waals surface area contributed by atoms with Crippen molar-refractivity contribution >= 4 is 0 Å². The molecule has 0 saturated carbocycles. The van der Waals surface area contributed by atoms with Crippen molar-refractivity contribution in [3.8, 4) is 0 Å². The molecule has 6 nitrogen and oxygen atoms in total. The van der Waals surface area contributed by atoms with Crippen molar-refractivity contribution in [1.29, 1.82) is 0 Å². The number of hydrogen-bond acceptors (Lipinski definition) is 4. The van der Waals surface area contributed by atoms with Crippen LogP contribution in [0.4, 0.5) is 0 Å². The van der Waals surface area contributed by atoms with Gasteiger partial charge in [-0.25, -0.2) is 0 Å². The van der Waals surface area contributed by atoms with Gasteiger partial charge in [0.2, 0.25) is 0 Å². The number of aliphatic hydroxyl groups excluding tert-OH is 1. The predicted molar refractivity (Wildman–Crippen MR) is 53.0 cm³/mol. The molecule has 1 N–H and O–H groups in total. The molecule has 0 aliphatic rings. The van der Waals surface area contributed by atoms with Gasteiger partial charge in [0.25, 0.3) is 0 Å². The molecule has 2 rings (SSSR count). The molecule has 0 spiro atoms. The fraction of sp³-hybridized carbons (Fsp3) is 0.444. The lowest BCUT2D eigenvalue weighted by atomic mass is 10.3. The third kappa shape index (κ3) is 2.63. The number of aromatic nitrogens is 5. The second-order valence-electron chi connectivity index (χ2n) is 3.22. The quantitative estimate of drug-likeness (QED) is 0.731. The molecule has 2 aromatic heterocycles. The summed E-state index contributed by atoms with van der Waals surface area (Å²) in [5.74, 6) is 0. The van der Waals surface area contributed by atoms with E-state index in [-0.39, 0.29) is 6.61 Å². The first kappa shape index (κ1) is 9.85. The minimum atomic E-state index is 0.109. The minimum Gasteiger partial charge on any atom is -0.396 e. The predicted octanol–water partition coefficient (Wildman–Crippen LogP) is -0.290. The Morgan fingerprint density at radius 3 is 2.87 bits per heavy atom. The summed E-state index contributed by atoms with van der Waals surface area (Å²) >= 11 is 0. The summed E-state index contributed by atoms with van der Waals surface area (Å²) in [6.45, 7) is 1.62. The lowest BCUT2D eigenvalue weighted by Crippen LogP contribution is -2.08. The van der Waals surface area contributed by atoms with Crippen molar-refractivity contribution in [3.05, 3.63) is 30.4 Å². The van der Waals surface area contributed by atoms with E-state index in [2.05, 4.69) is 15.4 Å². The largest absolute Gasteiger partial charge is 0.396 e. The zero-order valence-corrected chi connectivity index (χ0v) is 8.32. The number of nitrogens with zero attached hydrogens (tertiary/aromatic N) is 5. The Hall–Kier alpha value is -1.69. The summed E-state index contributed by atoms with van der Waals surface area (Å²) in [5, 5.41) is 20.7. The average Bonchev–Trinajstić information content (AvgIpc) is 2.85. The van der Waals surface area contributed by atoms with E-state index in [1.165, 1.54) is 0 Å². The Kier molecular flexibility index (Phi) is 3.08. The van der Waals surface area contributed by atoms with E-state index in [4.69, 9.17) is 5.11 Å². The molecule has 2 heterocycles. The maximum absolute atomic E-state index is 8.72. The molecular weight excluding hydrogens is 194 g/mol. The van der Waals surface area contributed by atoms with Crippen LogP contribution in [0.5, 0.6) is 0 Å². The summed E-state index contributed by atoms with van der Waals surface area (Å²) in [4.78, 5) is 0. The fourth-order valence-electron chi connectivity index (χ4n) is 1.31. The van der Waals surface area contributed by atoms with Crippen LogP contribution in [0, 0.1) is 0 Å². The van der Waals surface area contributed by atoms with E-state index >= 15 is 0 Å². The summed E-state index contributed by atoms with van der Waals surface area (Å²) in [5.41, 5.74) is 0.818. The molecule has 15 heavy (non-hydrogen) atoms. The summed E-state index contributed by atoms with van der Waals surface area (Å²) in [7, 11) is 0. The van der Waals surface area contributed by atoms with E-state index in [1.54, 1.807) is 10.9 Å². The SMILES string of the molecule is OCCc1cn(CCn2cccn2)nn1. The van der Waals surface area contributed by atoms with Crippen LogP contribution in [-0.4, -0.2) is 36.5 Å². The molecule has 0 radical (unpaired) electrons. The van der Waals surface area contributed by atoms with Gasteiger partial charge in [0.1, 0.15) is 0 Å². The summed E-state index contributed by atoms with van der Waals surface area (Å²) in [6, 6.07) is 1.89. The van der Waals surface area contributed by atoms with Crippen LogP contribution in [0.3, 0.4) is 0 Å². The summed E-state index contributed by atoms with van der Waals surface area (Å²) in [6.07, 6.45) is 6.06. The van der Waals surface area contributed by atoms with Crippen molar-refractivity contribution in [2.24, 2.45) is 0 Å². The van der Waals surface area contributed by atoms with Crippen LogP contribution >= 0.6 is 0 Å². The van der Waals surface area contributed by atoms with Crippen molar-refractivity contribution < 1.29 is 5.11 Å². The molecule has 0 amide bonds. The van der Waals surface area contributed by atoms with Gasteiger partial charge in [-0.15, -0.1) is 5.10 Å². The number of aliphatic hydroxyl groups is 1. The van der Waals surface area contributed by atoms with Crippen LogP contribution in [0.1, 0.15) is 5.69 Å². The Morgan fingerprint density at radius 1 is 1.27 bits per heavy atom. The van der Waals surface area contributed by atoms with E-state index in [0.717, 1.165) is 18.8 Å². The number of hydrogen-bond donors (Lipinski definition) is 1. The molecule has 6 heteroatoms. The molecule has 0 atom stereocenters. The second kappa shape index (κ2) is 4.70. The van der Waals surface area contributed by atoms with Crippen molar-refractivity contribution in [3.63, 3.8) is 0 Å². The van der Waals surface area contributed by atoms with E-state index in [0.29, 0.717) is 6.42 Å². The van der Waals surface area contributed by atoms with Gasteiger partial charge >= 0.3 is 0 Å². The zero-order valence-electron chi connectivity index (χ0n) is 8.32. The van der Waals surface area contributed by atoms with Crippen LogP contribution in [0.15, 0.2) is 24.7 Å². The smallest absolute Gasteiger partial charge is 0.0849 e. The zero-order chi connectivity index (χ0) is 10.5. The van der Waals surface area contributed by atoms with Crippen LogP contribution in [-0.2, 0) is 19.5 Å². The highest BCUT2D eigenvalue weighted by Gasteiger charge is 1.99. The van der Waals surface area contributed by atoms with Gasteiger partial charge in [-0.05, 0) is 6.07 Å². The van der Waals surface area contributed by atoms with Gasteiger partial charge < -0.3 is 5.11 Å². The van der Waals surface area contributed by atoms with Crippen molar-refractivity contribution in [1.82, 2.24) is 24.8 Å². The first-order valence-corrected chi connectivity index (χ1v) is 4.86. The fourth-order valence-corrected chi connectivity index (χ4v) is 1.31.